The summed E-state index contributed by atoms with van der Waals surface area (Å²) < 4.78 is 5.66. The van der Waals surface area contributed by atoms with E-state index >= 15 is 0 Å². The minimum Gasteiger partial charge on any atom is -0.381 e. The van der Waals surface area contributed by atoms with Crippen LogP contribution in [0.4, 0.5) is 0 Å². The van der Waals surface area contributed by atoms with Gasteiger partial charge in [-0.25, -0.2) is 0 Å². The second-order valence-corrected chi connectivity index (χ2v) is 4.62. The van der Waals surface area contributed by atoms with Gasteiger partial charge in [-0.3, -0.25) is 0 Å². The molecule has 1 aliphatic carbocycles. The van der Waals surface area contributed by atoms with Gasteiger partial charge in [0.15, 0.2) is 0 Å². The van der Waals surface area contributed by atoms with Crippen molar-refractivity contribution < 1.29 is 4.74 Å². The maximum absolute atomic E-state index is 5.66. The molecule has 13 heavy (non-hydrogen) atoms. The largest absolute Gasteiger partial charge is 0.381 e. The lowest BCUT2D eigenvalue weighted by Gasteiger charge is -2.34. The third-order valence-electron chi connectivity index (χ3n) is 3.44. The van der Waals surface area contributed by atoms with Crippen LogP contribution in [0.1, 0.15) is 46.5 Å². The van der Waals surface area contributed by atoms with Crippen LogP contribution >= 0.6 is 0 Å². The van der Waals surface area contributed by atoms with Crippen LogP contribution in [0.3, 0.4) is 0 Å². The van der Waals surface area contributed by atoms with Gasteiger partial charge in [0.05, 0.1) is 0 Å². The van der Waals surface area contributed by atoms with E-state index in [0.717, 1.165) is 37.4 Å². The van der Waals surface area contributed by atoms with Crippen molar-refractivity contribution >= 4 is 0 Å². The van der Waals surface area contributed by atoms with Crippen molar-refractivity contribution in [3.63, 3.8) is 0 Å². The lowest BCUT2D eigenvalue weighted by atomic mass is 9.74. The molecule has 1 unspecified atom stereocenters. The first-order valence-electron chi connectivity index (χ1n) is 5.83. The Hall–Kier alpha value is -0.0400. The smallest absolute Gasteiger partial charge is 0.0499 e. The molecule has 0 aromatic rings. The molecular weight excluding hydrogens is 160 g/mol. The molecule has 0 bridgehead atoms. The lowest BCUT2D eigenvalue weighted by Crippen LogP contribution is -2.28. The van der Waals surface area contributed by atoms with Crippen LogP contribution < -0.4 is 0 Å². The minimum absolute atomic E-state index is 0.820. The highest BCUT2D eigenvalue weighted by molar-refractivity contribution is 4.77. The highest BCUT2D eigenvalue weighted by Crippen LogP contribution is 2.34. The Balaban J connectivity index is 2.26. The second kappa shape index (κ2) is 5.64. The molecule has 3 atom stereocenters. The standard InChI is InChI=1S/C12H24O/c1-4-8-13-9-12-10(2)6-5-7-11(12)3/h10-12H,4-9H2,1-3H3/t10-,11+,12?. The fraction of sp³-hybridized carbons (Fsp3) is 1.00. The minimum atomic E-state index is 0.820. The molecule has 0 aromatic carbocycles. The van der Waals surface area contributed by atoms with Crippen molar-refractivity contribution in [1.29, 1.82) is 0 Å². The second-order valence-electron chi connectivity index (χ2n) is 4.62. The Kier molecular flexibility index (Phi) is 4.79. The fourth-order valence-corrected chi connectivity index (χ4v) is 2.44. The summed E-state index contributed by atoms with van der Waals surface area (Å²) in [6.07, 6.45) is 5.39. The Morgan fingerprint density at radius 1 is 1.15 bits per heavy atom. The molecule has 0 aliphatic heterocycles. The molecule has 1 aliphatic rings. The summed E-state index contributed by atoms with van der Waals surface area (Å²) in [6.45, 7) is 8.88. The van der Waals surface area contributed by atoms with Crippen LogP contribution in [-0.2, 0) is 4.74 Å². The first-order valence-corrected chi connectivity index (χ1v) is 5.83. The average molecular weight is 184 g/mol. The molecule has 1 fully saturated rings. The maximum atomic E-state index is 5.66. The first-order chi connectivity index (χ1) is 6.25. The van der Waals surface area contributed by atoms with Gasteiger partial charge in [-0.2, -0.15) is 0 Å². The molecule has 1 heteroatoms. The molecule has 0 spiro atoms. The molecule has 0 amide bonds. The van der Waals surface area contributed by atoms with E-state index in [9.17, 15) is 0 Å². The van der Waals surface area contributed by atoms with Crippen LogP contribution in [0.25, 0.3) is 0 Å². The van der Waals surface area contributed by atoms with E-state index < -0.39 is 0 Å². The van der Waals surface area contributed by atoms with E-state index in [1.165, 1.54) is 19.3 Å². The van der Waals surface area contributed by atoms with Crippen LogP contribution in [0.5, 0.6) is 0 Å². The Labute approximate surface area is 82.9 Å². The zero-order valence-electron chi connectivity index (χ0n) is 9.38. The predicted octanol–water partition coefficient (Wildman–Crippen LogP) is 3.49. The summed E-state index contributed by atoms with van der Waals surface area (Å²) in [4.78, 5) is 0. The summed E-state index contributed by atoms with van der Waals surface area (Å²) in [5, 5.41) is 0. The van der Waals surface area contributed by atoms with E-state index in [-0.39, 0.29) is 0 Å². The van der Waals surface area contributed by atoms with Crippen molar-refractivity contribution in [2.45, 2.75) is 46.5 Å². The van der Waals surface area contributed by atoms with Gasteiger partial charge in [0.2, 0.25) is 0 Å². The molecule has 0 saturated heterocycles. The highest BCUT2D eigenvalue weighted by atomic mass is 16.5. The zero-order chi connectivity index (χ0) is 9.68. The van der Waals surface area contributed by atoms with Gasteiger partial charge in [0, 0.05) is 13.2 Å². The van der Waals surface area contributed by atoms with Crippen molar-refractivity contribution in [1.82, 2.24) is 0 Å². The van der Waals surface area contributed by atoms with Gasteiger partial charge in [-0.15, -0.1) is 0 Å². The van der Waals surface area contributed by atoms with E-state index in [1.54, 1.807) is 0 Å². The first kappa shape index (κ1) is 11.0. The van der Waals surface area contributed by atoms with Crippen LogP contribution in [0.2, 0.25) is 0 Å². The van der Waals surface area contributed by atoms with Gasteiger partial charge in [-0.05, 0) is 24.2 Å². The van der Waals surface area contributed by atoms with E-state index in [2.05, 4.69) is 20.8 Å². The van der Waals surface area contributed by atoms with Gasteiger partial charge < -0.3 is 4.74 Å². The number of ether oxygens (including phenoxy) is 1. The van der Waals surface area contributed by atoms with Gasteiger partial charge >= 0.3 is 0 Å². The van der Waals surface area contributed by atoms with E-state index in [0.29, 0.717) is 0 Å². The Bertz CT molecular complexity index is 123. The fourth-order valence-electron chi connectivity index (χ4n) is 2.44. The van der Waals surface area contributed by atoms with Gasteiger partial charge in [-0.1, -0.05) is 40.0 Å². The van der Waals surface area contributed by atoms with Crippen molar-refractivity contribution in [2.75, 3.05) is 13.2 Å². The molecular formula is C12H24O. The Morgan fingerprint density at radius 2 is 1.77 bits per heavy atom. The topological polar surface area (TPSA) is 9.23 Å². The maximum Gasteiger partial charge on any atom is 0.0499 e. The Morgan fingerprint density at radius 3 is 2.31 bits per heavy atom. The normalized spacial score (nSPS) is 34.8. The molecule has 1 nitrogen and oxygen atoms in total. The average Bonchev–Trinajstić information content (AvgIpc) is 2.10. The van der Waals surface area contributed by atoms with E-state index in [1.807, 2.05) is 0 Å². The van der Waals surface area contributed by atoms with Crippen molar-refractivity contribution in [2.24, 2.45) is 17.8 Å². The number of hydrogen-bond acceptors (Lipinski definition) is 1. The molecule has 0 N–H and O–H groups in total. The summed E-state index contributed by atoms with van der Waals surface area (Å²) >= 11 is 0. The molecule has 0 aromatic heterocycles. The molecule has 0 heterocycles. The summed E-state index contributed by atoms with van der Waals surface area (Å²) in [5.74, 6) is 2.57. The molecule has 1 rings (SSSR count). The third kappa shape index (κ3) is 3.30. The van der Waals surface area contributed by atoms with Crippen LogP contribution in [-0.4, -0.2) is 13.2 Å². The van der Waals surface area contributed by atoms with Gasteiger partial charge in [0.1, 0.15) is 0 Å². The zero-order valence-corrected chi connectivity index (χ0v) is 9.38. The van der Waals surface area contributed by atoms with Crippen molar-refractivity contribution in [3.8, 4) is 0 Å². The summed E-state index contributed by atoms with van der Waals surface area (Å²) in [7, 11) is 0. The van der Waals surface area contributed by atoms with Gasteiger partial charge in [0.25, 0.3) is 0 Å². The molecule has 78 valence electrons. The van der Waals surface area contributed by atoms with Crippen molar-refractivity contribution in [3.05, 3.63) is 0 Å². The third-order valence-corrected chi connectivity index (χ3v) is 3.44. The molecule has 1 saturated carbocycles. The quantitative estimate of drug-likeness (QED) is 0.608. The lowest BCUT2D eigenvalue weighted by molar-refractivity contribution is 0.0380. The predicted molar refractivity (Wildman–Crippen MR) is 56.8 cm³/mol. The van der Waals surface area contributed by atoms with Crippen LogP contribution in [0, 0.1) is 17.8 Å². The van der Waals surface area contributed by atoms with Crippen LogP contribution in [0.15, 0.2) is 0 Å². The number of rotatable bonds is 4. The monoisotopic (exact) mass is 184 g/mol. The highest BCUT2D eigenvalue weighted by Gasteiger charge is 2.27. The SMILES string of the molecule is CCCOCC1[C@H](C)CCC[C@@H]1C. The van der Waals surface area contributed by atoms with E-state index in [4.69, 9.17) is 4.74 Å². The summed E-state index contributed by atoms with van der Waals surface area (Å²) in [6, 6.07) is 0. The molecule has 0 radical (unpaired) electrons. The summed E-state index contributed by atoms with van der Waals surface area (Å²) in [5.41, 5.74) is 0. The number of hydrogen-bond donors (Lipinski definition) is 0.